The highest BCUT2D eigenvalue weighted by molar-refractivity contribution is 5.47. The molecule has 100 valence electrons. The molecule has 2 rings (SSSR count). The zero-order valence-corrected chi connectivity index (χ0v) is 11.2. The molecule has 0 radical (unpaired) electrons. The minimum atomic E-state index is -0.312. The van der Waals surface area contributed by atoms with E-state index in [1.165, 1.54) is 6.07 Å². The Morgan fingerprint density at radius 2 is 1.89 bits per heavy atom. The molecule has 1 heterocycles. The zero-order chi connectivity index (χ0) is 13.1. The highest BCUT2D eigenvalue weighted by atomic mass is 19.1. The molecule has 18 heavy (non-hydrogen) atoms. The molecule has 0 atom stereocenters. The Labute approximate surface area is 108 Å². The molecule has 0 amide bonds. The summed E-state index contributed by atoms with van der Waals surface area (Å²) in [6.07, 6.45) is 0. The average Bonchev–Trinajstić information content (AvgIpc) is 2.36. The largest absolute Gasteiger partial charge is 0.396 e. The van der Waals surface area contributed by atoms with E-state index in [9.17, 15) is 4.39 Å². The van der Waals surface area contributed by atoms with Crippen molar-refractivity contribution in [3.8, 4) is 0 Å². The number of hydrogen-bond donors (Lipinski definition) is 1. The van der Waals surface area contributed by atoms with Gasteiger partial charge in [-0.25, -0.2) is 4.39 Å². The van der Waals surface area contributed by atoms with Gasteiger partial charge in [-0.3, -0.25) is 9.80 Å². The van der Waals surface area contributed by atoms with Crippen LogP contribution in [0.2, 0.25) is 0 Å². The molecule has 1 aromatic carbocycles. The van der Waals surface area contributed by atoms with Crippen LogP contribution in [-0.4, -0.2) is 42.0 Å². The normalized spacial score (nSPS) is 18.4. The summed E-state index contributed by atoms with van der Waals surface area (Å²) in [6.45, 7) is 9.39. The molecule has 0 saturated carbocycles. The van der Waals surface area contributed by atoms with E-state index in [0.717, 1.165) is 38.3 Å². The fourth-order valence-electron chi connectivity index (χ4n) is 2.40. The van der Waals surface area contributed by atoms with Crippen molar-refractivity contribution < 1.29 is 4.39 Å². The maximum absolute atomic E-state index is 13.3. The summed E-state index contributed by atoms with van der Waals surface area (Å²) in [7, 11) is 0. The first-order valence-corrected chi connectivity index (χ1v) is 6.57. The molecular weight excluding hydrogens is 229 g/mol. The van der Waals surface area contributed by atoms with Gasteiger partial charge >= 0.3 is 0 Å². The minimum absolute atomic E-state index is 0.295. The number of benzene rings is 1. The van der Waals surface area contributed by atoms with Crippen LogP contribution in [0.15, 0.2) is 18.2 Å². The molecule has 3 nitrogen and oxygen atoms in total. The molecule has 4 heteroatoms. The standard InChI is InChI=1S/C14H22FN3/c1-11(2)18-8-6-17(7-9-18)10-12-4-3-5-13(15)14(12)16/h3-5,11H,6-10,16H2,1-2H3. The number of nitrogens with zero attached hydrogens (tertiary/aromatic N) is 2. The van der Waals surface area contributed by atoms with Gasteiger partial charge in [-0.05, 0) is 25.5 Å². The smallest absolute Gasteiger partial charge is 0.146 e. The van der Waals surface area contributed by atoms with Crippen LogP contribution >= 0.6 is 0 Å². The van der Waals surface area contributed by atoms with Crippen molar-refractivity contribution in [2.45, 2.75) is 26.4 Å². The molecule has 1 aliphatic rings. The van der Waals surface area contributed by atoms with Crippen LogP contribution in [0.4, 0.5) is 10.1 Å². The average molecular weight is 251 g/mol. The molecule has 1 aromatic rings. The Bertz CT molecular complexity index is 398. The lowest BCUT2D eigenvalue weighted by Gasteiger charge is -2.37. The molecule has 0 aliphatic carbocycles. The summed E-state index contributed by atoms with van der Waals surface area (Å²) in [5.41, 5.74) is 6.95. The third kappa shape index (κ3) is 3.00. The SMILES string of the molecule is CC(C)N1CCN(Cc2cccc(F)c2N)CC1. The van der Waals surface area contributed by atoms with Crippen molar-refractivity contribution in [1.29, 1.82) is 0 Å². The fraction of sp³-hybridized carbons (Fsp3) is 0.571. The molecule has 1 saturated heterocycles. The number of piperazine rings is 1. The van der Waals surface area contributed by atoms with E-state index in [0.29, 0.717) is 11.7 Å². The van der Waals surface area contributed by atoms with Crippen LogP contribution in [0.5, 0.6) is 0 Å². The third-order valence-corrected chi connectivity index (χ3v) is 3.67. The molecule has 0 unspecified atom stereocenters. The summed E-state index contributed by atoms with van der Waals surface area (Å²) in [5.74, 6) is -0.312. The van der Waals surface area contributed by atoms with E-state index >= 15 is 0 Å². The first-order chi connectivity index (χ1) is 8.58. The Morgan fingerprint density at radius 1 is 1.22 bits per heavy atom. The molecule has 0 spiro atoms. The number of nitrogens with two attached hydrogens (primary N) is 1. The van der Waals surface area contributed by atoms with Crippen LogP contribution in [0.3, 0.4) is 0 Å². The van der Waals surface area contributed by atoms with Gasteiger partial charge in [0.15, 0.2) is 0 Å². The van der Waals surface area contributed by atoms with E-state index in [1.54, 1.807) is 6.07 Å². The number of hydrogen-bond acceptors (Lipinski definition) is 3. The Balaban J connectivity index is 1.94. The lowest BCUT2D eigenvalue weighted by Crippen LogP contribution is -2.48. The van der Waals surface area contributed by atoms with E-state index in [2.05, 4.69) is 23.6 Å². The summed E-state index contributed by atoms with van der Waals surface area (Å²) in [5, 5.41) is 0. The van der Waals surface area contributed by atoms with Crippen molar-refractivity contribution >= 4 is 5.69 Å². The van der Waals surface area contributed by atoms with Gasteiger partial charge in [-0.15, -0.1) is 0 Å². The molecule has 1 aliphatic heterocycles. The minimum Gasteiger partial charge on any atom is -0.396 e. The van der Waals surface area contributed by atoms with Crippen LogP contribution in [0, 0.1) is 5.82 Å². The third-order valence-electron chi connectivity index (χ3n) is 3.67. The van der Waals surface area contributed by atoms with Gasteiger partial charge in [0.05, 0.1) is 5.69 Å². The summed E-state index contributed by atoms with van der Waals surface area (Å²) in [6, 6.07) is 5.65. The topological polar surface area (TPSA) is 32.5 Å². The Morgan fingerprint density at radius 3 is 2.50 bits per heavy atom. The van der Waals surface area contributed by atoms with Crippen LogP contribution in [0.1, 0.15) is 19.4 Å². The highest BCUT2D eigenvalue weighted by Gasteiger charge is 2.19. The van der Waals surface area contributed by atoms with Crippen molar-refractivity contribution in [3.63, 3.8) is 0 Å². The van der Waals surface area contributed by atoms with Gasteiger partial charge in [-0.2, -0.15) is 0 Å². The number of halogens is 1. The molecule has 1 fully saturated rings. The van der Waals surface area contributed by atoms with E-state index in [1.807, 2.05) is 6.07 Å². The van der Waals surface area contributed by atoms with Crippen molar-refractivity contribution in [2.24, 2.45) is 0 Å². The lowest BCUT2D eigenvalue weighted by atomic mass is 10.1. The second-order valence-electron chi connectivity index (χ2n) is 5.22. The molecule has 0 bridgehead atoms. The van der Waals surface area contributed by atoms with Gasteiger partial charge in [0.2, 0.25) is 0 Å². The second kappa shape index (κ2) is 5.67. The number of nitrogen functional groups attached to an aromatic ring is 1. The monoisotopic (exact) mass is 251 g/mol. The van der Waals surface area contributed by atoms with Gasteiger partial charge in [0.1, 0.15) is 5.82 Å². The highest BCUT2D eigenvalue weighted by Crippen LogP contribution is 2.18. The van der Waals surface area contributed by atoms with Gasteiger partial charge in [0, 0.05) is 38.8 Å². The van der Waals surface area contributed by atoms with Crippen molar-refractivity contribution in [2.75, 3.05) is 31.9 Å². The van der Waals surface area contributed by atoms with Crippen LogP contribution in [0.25, 0.3) is 0 Å². The van der Waals surface area contributed by atoms with Gasteiger partial charge < -0.3 is 5.73 Å². The Hall–Kier alpha value is -1.13. The lowest BCUT2D eigenvalue weighted by molar-refractivity contribution is 0.104. The maximum atomic E-state index is 13.3. The fourth-order valence-corrected chi connectivity index (χ4v) is 2.40. The predicted molar refractivity (Wildman–Crippen MR) is 72.8 cm³/mol. The maximum Gasteiger partial charge on any atom is 0.146 e. The van der Waals surface area contributed by atoms with E-state index in [-0.39, 0.29) is 5.82 Å². The zero-order valence-electron chi connectivity index (χ0n) is 11.2. The predicted octanol–water partition coefficient (Wildman–Crippen LogP) is 1.93. The first-order valence-electron chi connectivity index (χ1n) is 6.57. The summed E-state index contributed by atoms with van der Waals surface area (Å²) < 4.78 is 13.3. The van der Waals surface area contributed by atoms with Crippen molar-refractivity contribution in [3.05, 3.63) is 29.6 Å². The van der Waals surface area contributed by atoms with Gasteiger partial charge in [0.25, 0.3) is 0 Å². The quantitative estimate of drug-likeness (QED) is 0.833. The number of rotatable bonds is 3. The summed E-state index contributed by atoms with van der Waals surface area (Å²) >= 11 is 0. The first kappa shape index (κ1) is 13.3. The van der Waals surface area contributed by atoms with E-state index < -0.39 is 0 Å². The van der Waals surface area contributed by atoms with Crippen molar-refractivity contribution in [1.82, 2.24) is 9.80 Å². The van der Waals surface area contributed by atoms with Crippen LogP contribution in [-0.2, 0) is 6.54 Å². The van der Waals surface area contributed by atoms with Crippen LogP contribution < -0.4 is 5.73 Å². The molecule has 0 aromatic heterocycles. The van der Waals surface area contributed by atoms with E-state index in [4.69, 9.17) is 5.73 Å². The second-order valence-corrected chi connectivity index (χ2v) is 5.22. The molecule has 2 N–H and O–H groups in total. The summed E-state index contributed by atoms with van der Waals surface area (Å²) in [4.78, 5) is 4.80. The Kier molecular flexibility index (Phi) is 4.19. The molecular formula is C14H22FN3. The number of anilines is 1. The van der Waals surface area contributed by atoms with Gasteiger partial charge in [-0.1, -0.05) is 12.1 Å². The number of para-hydroxylation sites is 1.